The molecule has 0 radical (unpaired) electrons. The maximum absolute atomic E-state index is 13.7. The first-order valence-electron chi connectivity index (χ1n) is 11.9. The summed E-state index contributed by atoms with van der Waals surface area (Å²) in [5.74, 6) is -2.35. The van der Waals surface area contributed by atoms with E-state index in [-0.39, 0.29) is 30.0 Å². The first-order valence-corrected chi connectivity index (χ1v) is 12.6. The average Bonchev–Trinajstić information content (AvgIpc) is 3.62. The van der Waals surface area contributed by atoms with Crippen molar-refractivity contribution in [2.24, 2.45) is 0 Å². The Kier molecular flexibility index (Phi) is 7.97. The lowest BCUT2D eigenvalue weighted by molar-refractivity contribution is -0.144. The van der Waals surface area contributed by atoms with Gasteiger partial charge in [0.05, 0.1) is 6.04 Å². The minimum atomic E-state index is -1.18. The van der Waals surface area contributed by atoms with E-state index in [1.54, 1.807) is 0 Å². The van der Waals surface area contributed by atoms with E-state index in [1.165, 1.54) is 4.90 Å². The van der Waals surface area contributed by atoms with E-state index in [2.05, 4.69) is 33.6 Å². The fraction of sp³-hybridized carbons (Fsp3) is 0.500. The number of amides is 3. The van der Waals surface area contributed by atoms with Crippen molar-refractivity contribution in [1.82, 2.24) is 25.8 Å². The molecule has 3 amide bonds. The normalized spacial score (nSPS) is 21.6. The summed E-state index contributed by atoms with van der Waals surface area (Å²) in [6.07, 6.45) is 4.73. The number of H-pyrrole nitrogens is 1. The van der Waals surface area contributed by atoms with Gasteiger partial charge in [0, 0.05) is 35.8 Å². The van der Waals surface area contributed by atoms with Gasteiger partial charge in [0.2, 0.25) is 17.7 Å². The van der Waals surface area contributed by atoms with Crippen molar-refractivity contribution in [1.29, 1.82) is 0 Å². The smallest absolute Gasteiger partial charge is 0.327 e. The quantitative estimate of drug-likeness (QED) is 0.275. The Morgan fingerprint density at radius 2 is 1.86 bits per heavy atom. The van der Waals surface area contributed by atoms with Gasteiger partial charge in [0.1, 0.15) is 18.1 Å². The second-order valence-corrected chi connectivity index (χ2v) is 9.41. The molecule has 2 aliphatic heterocycles. The van der Waals surface area contributed by atoms with Crippen LogP contribution in [0.3, 0.4) is 0 Å². The molecule has 10 nitrogen and oxygen atoms in total. The monoisotopic (exact) mass is 501 g/mol. The van der Waals surface area contributed by atoms with Crippen LogP contribution in [0.25, 0.3) is 10.9 Å². The number of aliphatic carboxylic acids is 1. The molecular weight excluding hydrogens is 470 g/mol. The van der Waals surface area contributed by atoms with E-state index >= 15 is 0 Å². The van der Waals surface area contributed by atoms with E-state index < -0.39 is 30.0 Å². The van der Waals surface area contributed by atoms with Crippen molar-refractivity contribution < 1.29 is 24.3 Å². The molecule has 1 aromatic carbocycles. The summed E-state index contributed by atoms with van der Waals surface area (Å²) in [4.78, 5) is 55.5. The predicted octanol–water partition coefficient (Wildman–Crippen LogP) is 0.437. The minimum absolute atomic E-state index is 0.0601. The molecule has 2 saturated heterocycles. The number of benzene rings is 1. The number of carbonyl (C=O) groups is 4. The van der Waals surface area contributed by atoms with Crippen LogP contribution in [0.5, 0.6) is 0 Å². The van der Waals surface area contributed by atoms with Crippen LogP contribution in [0.2, 0.25) is 0 Å². The number of para-hydroxylation sites is 1. The number of carboxylic acids is 1. The van der Waals surface area contributed by atoms with Crippen molar-refractivity contribution in [3.63, 3.8) is 0 Å². The van der Waals surface area contributed by atoms with Crippen molar-refractivity contribution in [3.05, 3.63) is 36.0 Å². The van der Waals surface area contributed by atoms with Crippen LogP contribution >= 0.6 is 12.6 Å². The molecule has 3 heterocycles. The number of fused-ring (bicyclic) bond motifs is 1. The Labute approximate surface area is 208 Å². The Balaban J connectivity index is 1.55. The number of hydrogen-bond acceptors (Lipinski definition) is 6. The summed E-state index contributed by atoms with van der Waals surface area (Å²) in [5.41, 5.74) is 1.82. The summed E-state index contributed by atoms with van der Waals surface area (Å²) in [5, 5.41) is 18.8. The molecule has 4 unspecified atom stereocenters. The standard InChI is InChI=1S/C24H31N5O5S/c30-21(17-7-3-9-25-17)27-18(11-14-12-26-16-6-2-1-5-15(14)16)23(32)29-10-4-8-20(29)22(31)28-19(13-35)24(33)34/h1-2,5-6,12,17-20,25-26,35H,3-4,7-11,13H2,(H,27,30)(H,28,31)(H,33,34). The van der Waals surface area contributed by atoms with Gasteiger partial charge < -0.3 is 30.9 Å². The SMILES string of the molecule is O=C(O)C(CS)NC(=O)C1CCCN1C(=O)C(Cc1c[nH]c2ccccc12)NC(=O)C1CCCN1. The molecule has 2 aliphatic rings. The first-order chi connectivity index (χ1) is 16.9. The lowest BCUT2D eigenvalue weighted by atomic mass is 10.0. The zero-order valence-electron chi connectivity index (χ0n) is 19.3. The van der Waals surface area contributed by atoms with Gasteiger partial charge >= 0.3 is 5.97 Å². The molecule has 0 aliphatic carbocycles. The van der Waals surface area contributed by atoms with Crippen LogP contribution < -0.4 is 16.0 Å². The lowest BCUT2D eigenvalue weighted by Crippen LogP contribution is -2.57. The topological polar surface area (TPSA) is 144 Å². The number of nitrogens with one attached hydrogen (secondary N) is 4. The van der Waals surface area contributed by atoms with Gasteiger partial charge in [0.15, 0.2) is 0 Å². The molecule has 4 rings (SSSR count). The maximum atomic E-state index is 13.7. The van der Waals surface area contributed by atoms with Gasteiger partial charge in [-0.1, -0.05) is 18.2 Å². The van der Waals surface area contributed by atoms with Crippen LogP contribution in [-0.4, -0.2) is 81.7 Å². The number of likely N-dealkylation sites (tertiary alicyclic amines) is 1. The summed E-state index contributed by atoms with van der Waals surface area (Å²) < 4.78 is 0. The van der Waals surface area contributed by atoms with Crippen LogP contribution in [0.15, 0.2) is 30.5 Å². The molecule has 0 spiro atoms. The maximum Gasteiger partial charge on any atom is 0.327 e. The molecule has 1 aromatic heterocycles. The lowest BCUT2D eigenvalue weighted by Gasteiger charge is -2.30. The van der Waals surface area contributed by atoms with Gasteiger partial charge in [-0.3, -0.25) is 14.4 Å². The number of aromatic amines is 1. The summed E-state index contributed by atoms with van der Waals surface area (Å²) in [6.45, 7) is 1.11. The highest BCUT2D eigenvalue weighted by molar-refractivity contribution is 7.80. The average molecular weight is 502 g/mol. The first kappa shape index (κ1) is 25.1. The van der Waals surface area contributed by atoms with Gasteiger partial charge in [-0.15, -0.1) is 0 Å². The zero-order chi connectivity index (χ0) is 24.9. The highest BCUT2D eigenvalue weighted by Crippen LogP contribution is 2.23. The number of carboxylic acid groups (broad SMARTS) is 1. The molecule has 4 atom stereocenters. The Morgan fingerprint density at radius 1 is 1.09 bits per heavy atom. The van der Waals surface area contributed by atoms with Crippen molar-refractivity contribution in [2.75, 3.05) is 18.8 Å². The van der Waals surface area contributed by atoms with Crippen molar-refractivity contribution in [2.45, 2.75) is 56.3 Å². The number of carbonyl (C=O) groups excluding carboxylic acids is 3. The van der Waals surface area contributed by atoms with E-state index in [0.717, 1.165) is 29.4 Å². The number of nitrogens with zero attached hydrogens (tertiary/aromatic N) is 1. The van der Waals surface area contributed by atoms with E-state index in [0.29, 0.717) is 25.8 Å². The second-order valence-electron chi connectivity index (χ2n) is 9.05. The molecule has 188 valence electrons. The largest absolute Gasteiger partial charge is 0.480 e. The van der Waals surface area contributed by atoms with E-state index in [1.807, 2.05) is 30.5 Å². The Morgan fingerprint density at radius 3 is 2.57 bits per heavy atom. The van der Waals surface area contributed by atoms with Crippen LogP contribution in [0.4, 0.5) is 0 Å². The molecule has 0 saturated carbocycles. The van der Waals surface area contributed by atoms with Crippen molar-refractivity contribution in [3.8, 4) is 0 Å². The molecular formula is C24H31N5O5S. The van der Waals surface area contributed by atoms with Crippen LogP contribution in [-0.2, 0) is 25.6 Å². The predicted molar refractivity (Wildman–Crippen MR) is 133 cm³/mol. The van der Waals surface area contributed by atoms with Gasteiger partial charge in [-0.25, -0.2) is 4.79 Å². The third-order valence-electron chi connectivity index (χ3n) is 6.73. The molecule has 11 heteroatoms. The number of rotatable bonds is 9. The second kappa shape index (κ2) is 11.1. The highest BCUT2D eigenvalue weighted by Gasteiger charge is 2.39. The molecule has 2 aromatic rings. The van der Waals surface area contributed by atoms with Gasteiger partial charge in [0.25, 0.3) is 0 Å². The number of aromatic nitrogens is 1. The molecule has 2 fully saturated rings. The molecule has 5 N–H and O–H groups in total. The zero-order valence-corrected chi connectivity index (χ0v) is 20.2. The third-order valence-corrected chi connectivity index (χ3v) is 7.09. The minimum Gasteiger partial charge on any atom is -0.480 e. The van der Waals surface area contributed by atoms with Crippen LogP contribution in [0, 0.1) is 0 Å². The Hall–Kier alpha value is -3.05. The summed E-state index contributed by atoms with van der Waals surface area (Å²) >= 11 is 3.99. The molecule has 35 heavy (non-hydrogen) atoms. The number of thiol groups is 1. The summed E-state index contributed by atoms with van der Waals surface area (Å²) in [7, 11) is 0. The van der Waals surface area contributed by atoms with E-state index in [4.69, 9.17) is 0 Å². The summed E-state index contributed by atoms with van der Waals surface area (Å²) in [6, 6.07) is 4.58. The third kappa shape index (κ3) is 5.62. The van der Waals surface area contributed by atoms with Crippen LogP contribution in [0.1, 0.15) is 31.2 Å². The van der Waals surface area contributed by atoms with Gasteiger partial charge in [-0.2, -0.15) is 12.6 Å². The fourth-order valence-corrected chi connectivity index (χ4v) is 5.11. The Bertz CT molecular complexity index is 1100. The van der Waals surface area contributed by atoms with Crippen molar-refractivity contribution >= 4 is 47.2 Å². The number of hydrogen-bond donors (Lipinski definition) is 6. The highest BCUT2D eigenvalue weighted by atomic mass is 32.1. The fourth-order valence-electron chi connectivity index (χ4n) is 4.86. The molecule has 0 bridgehead atoms. The van der Waals surface area contributed by atoms with E-state index in [9.17, 15) is 24.3 Å². The van der Waals surface area contributed by atoms with Gasteiger partial charge in [-0.05, 0) is 43.9 Å².